The third-order valence-electron chi connectivity index (χ3n) is 4.66. The second-order valence-corrected chi connectivity index (χ2v) is 7.33. The summed E-state index contributed by atoms with van der Waals surface area (Å²) in [5, 5.41) is 0. The third-order valence-corrected chi connectivity index (χ3v) is 4.66. The monoisotopic (exact) mass is 300 g/mol. The maximum Gasteiger partial charge on any atom is 0.159 e. The van der Waals surface area contributed by atoms with Gasteiger partial charge in [0.25, 0.3) is 0 Å². The quantitative estimate of drug-likeness (QED) is 0.849. The SMILES string of the molecule is CC(C)Cc1nc2cccnc2n1CC1CCN(C(C)C)C1. The summed E-state index contributed by atoms with van der Waals surface area (Å²) in [4.78, 5) is 12.0. The van der Waals surface area contributed by atoms with Crippen molar-refractivity contribution in [2.45, 2.75) is 53.1 Å². The van der Waals surface area contributed by atoms with Crippen LogP contribution in [-0.2, 0) is 13.0 Å². The third kappa shape index (κ3) is 3.17. The molecule has 0 aromatic carbocycles. The first-order valence-corrected chi connectivity index (χ1v) is 8.58. The number of nitrogens with zero attached hydrogens (tertiary/aromatic N) is 4. The highest BCUT2D eigenvalue weighted by Crippen LogP contribution is 2.24. The summed E-state index contributed by atoms with van der Waals surface area (Å²) in [6.45, 7) is 12.6. The zero-order valence-corrected chi connectivity index (χ0v) is 14.3. The van der Waals surface area contributed by atoms with Gasteiger partial charge in [0.2, 0.25) is 0 Å². The summed E-state index contributed by atoms with van der Waals surface area (Å²) in [5.74, 6) is 2.53. The fraction of sp³-hybridized carbons (Fsp3) is 0.667. The highest BCUT2D eigenvalue weighted by atomic mass is 15.2. The average Bonchev–Trinajstić information content (AvgIpc) is 3.05. The van der Waals surface area contributed by atoms with E-state index in [9.17, 15) is 0 Å². The molecule has 22 heavy (non-hydrogen) atoms. The fourth-order valence-electron chi connectivity index (χ4n) is 3.46. The van der Waals surface area contributed by atoms with Crippen molar-refractivity contribution in [1.29, 1.82) is 0 Å². The molecule has 120 valence electrons. The van der Waals surface area contributed by atoms with Gasteiger partial charge in [-0.05, 0) is 50.8 Å². The molecular formula is C18H28N4. The molecule has 0 aliphatic carbocycles. The van der Waals surface area contributed by atoms with Crippen LogP contribution in [0.4, 0.5) is 0 Å². The van der Waals surface area contributed by atoms with Gasteiger partial charge in [0, 0.05) is 31.7 Å². The first kappa shape index (κ1) is 15.5. The Labute approximate surface area is 133 Å². The molecule has 1 fully saturated rings. The second-order valence-electron chi connectivity index (χ2n) is 7.33. The van der Waals surface area contributed by atoms with Gasteiger partial charge in [0.15, 0.2) is 5.65 Å². The van der Waals surface area contributed by atoms with Crippen LogP contribution in [0.15, 0.2) is 18.3 Å². The van der Waals surface area contributed by atoms with Crippen LogP contribution in [0.25, 0.3) is 11.2 Å². The van der Waals surface area contributed by atoms with Gasteiger partial charge in [0.05, 0.1) is 0 Å². The number of rotatable bonds is 5. The molecule has 4 nitrogen and oxygen atoms in total. The van der Waals surface area contributed by atoms with Crippen LogP contribution in [-0.4, -0.2) is 38.6 Å². The lowest BCUT2D eigenvalue weighted by Crippen LogP contribution is -2.29. The van der Waals surface area contributed by atoms with Crippen LogP contribution >= 0.6 is 0 Å². The molecule has 0 saturated carbocycles. The second kappa shape index (κ2) is 6.37. The minimum atomic E-state index is 0.617. The topological polar surface area (TPSA) is 34.0 Å². The molecule has 3 heterocycles. The molecule has 1 atom stereocenters. The number of hydrogen-bond donors (Lipinski definition) is 0. The molecule has 0 spiro atoms. The highest BCUT2D eigenvalue weighted by Gasteiger charge is 2.26. The van der Waals surface area contributed by atoms with Crippen LogP contribution in [0.3, 0.4) is 0 Å². The van der Waals surface area contributed by atoms with E-state index >= 15 is 0 Å². The highest BCUT2D eigenvalue weighted by molar-refractivity contribution is 5.71. The van der Waals surface area contributed by atoms with Crippen LogP contribution in [0.1, 0.15) is 39.9 Å². The molecule has 2 aromatic heterocycles. The van der Waals surface area contributed by atoms with Crippen molar-refractivity contribution in [1.82, 2.24) is 19.4 Å². The van der Waals surface area contributed by atoms with Crippen molar-refractivity contribution in [3.63, 3.8) is 0 Å². The van der Waals surface area contributed by atoms with Crippen molar-refractivity contribution in [2.75, 3.05) is 13.1 Å². The summed E-state index contributed by atoms with van der Waals surface area (Å²) < 4.78 is 2.38. The lowest BCUT2D eigenvalue weighted by molar-refractivity contribution is 0.260. The van der Waals surface area contributed by atoms with Crippen LogP contribution in [0, 0.1) is 11.8 Å². The molecule has 1 saturated heterocycles. The van der Waals surface area contributed by atoms with Crippen LogP contribution in [0.2, 0.25) is 0 Å². The summed E-state index contributed by atoms with van der Waals surface area (Å²) in [6, 6.07) is 4.71. The fourth-order valence-corrected chi connectivity index (χ4v) is 3.46. The molecule has 1 unspecified atom stereocenters. The van der Waals surface area contributed by atoms with Crippen LogP contribution < -0.4 is 0 Å². The molecule has 0 N–H and O–H groups in total. The van der Waals surface area contributed by atoms with E-state index in [1.165, 1.54) is 25.3 Å². The van der Waals surface area contributed by atoms with E-state index in [0.29, 0.717) is 17.9 Å². The van der Waals surface area contributed by atoms with E-state index in [1.807, 2.05) is 12.3 Å². The van der Waals surface area contributed by atoms with Gasteiger partial charge in [-0.25, -0.2) is 9.97 Å². The predicted octanol–water partition coefficient (Wildman–Crippen LogP) is 3.36. The van der Waals surface area contributed by atoms with Gasteiger partial charge in [-0.3, -0.25) is 0 Å². The molecule has 1 aliphatic rings. The minimum Gasteiger partial charge on any atom is -0.312 e. The Balaban J connectivity index is 1.85. The first-order valence-electron chi connectivity index (χ1n) is 8.58. The van der Waals surface area contributed by atoms with E-state index in [-0.39, 0.29) is 0 Å². The summed E-state index contributed by atoms with van der Waals surface area (Å²) in [7, 11) is 0. The van der Waals surface area contributed by atoms with Gasteiger partial charge < -0.3 is 9.47 Å². The molecular weight excluding hydrogens is 272 g/mol. The number of fused-ring (bicyclic) bond motifs is 1. The van der Waals surface area contributed by atoms with Gasteiger partial charge in [0.1, 0.15) is 11.3 Å². The Morgan fingerprint density at radius 1 is 1.27 bits per heavy atom. The standard InChI is InChI=1S/C18H28N4/c1-13(2)10-17-20-16-6-5-8-19-18(16)22(17)12-15-7-9-21(11-15)14(3)4/h5-6,8,13-15H,7,9-12H2,1-4H3. The largest absolute Gasteiger partial charge is 0.312 e. The van der Waals surface area contributed by atoms with Crippen molar-refractivity contribution < 1.29 is 0 Å². The number of aromatic nitrogens is 3. The van der Waals surface area contributed by atoms with Gasteiger partial charge in [-0.1, -0.05) is 13.8 Å². The molecule has 1 aliphatic heterocycles. The number of pyridine rings is 1. The Morgan fingerprint density at radius 2 is 2.09 bits per heavy atom. The zero-order valence-electron chi connectivity index (χ0n) is 14.3. The maximum atomic E-state index is 4.84. The smallest absolute Gasteiger partial charge is 0.159 e. The molecule has 0 amide bonds. The number of hydrogen-bond acceptors (Lipinski definition) is 3. The van der Waals surface area contributed by atoms with Crippen molar-refractivity contribution >= 4 is 11.2 Å². The Hall–Kier alpha value is -1.42. The number of likely N-dealkylation sites (tertiary alicyclic amines) is 1. The maximum absolute atomic E-state index is 4.84. The Bertz CT molecular complexity index is 629. The molecule has 4 heteroatoms. The lowest BCUT2D eigenvalue weighted by atomic mass is 10.1. The molecule has 2 aromatic rings. The van der Waals surface area contributed by atoms with Gasteiger partial charge in [-0.15, -0.1) is 0 Å². The summed E-state index contributed by atoms with van der Waals surface area (Å²) >= 11 is 0. The zero-order chi connectivity index (χ0) is 15.7. The van der Waals surface area contributed by atoms with E-state index in [0.717, 1.165) is 24.1 Å². The lowest BCUT2D eigenvalue weighted by Gasteiger charge is -2.20. The predicted molar refractivity (Wildman–Crippen MR) is 90.9 cm³/mol. The van der Waals surface area contributed by atoms with E-state index in [1.54, 1.807) is 0 Å². The van der Waals surface area contributed by atoms with Crippen LogP contribution in [0.5, 0.6) is 0 Å². The Morgan fingerprint density at radius 3 is 2.77 bits per heavy atom. The van der Waals surface area contributed by atoms with E-state index in [2.05, 4.69) is 48.2 Å². The normalized spacial score (nSPS) is 19.8. The van der Waals surface area contributed by atoms with E-state index < -0.39 is 0 Å². The number of imidazole rings is 1. The first-order chi connectivity index (χ1) is 10.5. The minimum absolute atomic E-state index is 0.617. The average molecular weight is 300 g/mol. The molecule has 3 rings (SSSR count). The molecule has 0 radical (unpaired) electrons. The van der Waals surface area contributed by atoms with E-state index in [4.69, 9.17) is 4.98 Å². The van der Waals surface area contributed by atoms with Crippen molar-refractivity contribution in [3.8, 4) is 0 Å². The summed E-state index contributed by atoms with van der Waals surface area (Å²) in [6.07, 6.45) is 4.19. The van der Waals surface area contributed by atoms with Crippen molar-refractivity contribution in [3.05, 3.63) is 24.2 Å². The van der Waals surface area contributed by atoms with Gasteiger partial charge in [-0.2, -0.15) is 0 Å². The van der Waals surface area contributed by atoms with Crippen molar-refractivity contribution in [2.24, 2.45) is 11.8 Å². The summed E-state index contributed by atoms with van der Waals surface area (Å²) in [5.41, 5.74) is 2.10. The Kier molecular flexibility index (Phi) is 4.48. The van der Waals surface area contributed by atoms with Gasteiger partial charge >= 0.3 is 0 Å². The molecule has 0 bridgehead atoms.